The molecule has 0 amide bonds. The molecule has 21 rings (SSSR count). The van der Waals surface area contributed by atoms with Crippen LogP contribution in [0.4, 0.5) is 0 Å². The van der Waals surface area contributed by atoms with Crippen LogP contribution in [0.15, 0.2) is 30.3 Å². The number of phenols is 30. The smallest absolute Gasteiger partial charge is 0.340 e. The summed E-state index contributed by atoms with van der Waals surface area (Å²) >= 11 is 0. The molecule has 0 radical (unpaired) electrons. The van der Waals surface area contributed by atoms with Crippen LogP contribution in [0.2, 0.25) is 0 Å². The Morgan fingerprint density at radius 3 is 0.817 bits per heavy atom. The van der Waals surface area contributed by atoms with Gasteiger partial charge < -0.3 is 226 Å². The number of cyclic esters (lactones) is 2. The lowest BCUT2D eigenvalue weighted by atomic mass is 9.71. The molecule has 0 saturated carbocycles. The molecule has 12 bridgehead atoms. The average Bonchev–Trinajstić information content (AvgIpc) is 1.06. The van der Waals surface area contributed by atoms with Gasteiger partial charge in [-0.25, -0.2) is 47.9 Å². The third-order valence-corrected chi connectivity index (χ3v) is 25.5. The Bertz CT molecular complexity index is 7630. The first-order chi connectivity index (χ1) is 66.7. The number of hydrogen-bond donors (Lipinski definition) is 34. The quantitative estimate of drug-likeness (QED) is 0.0649. The van der Waals surface area contributed by atoms with Crippen molar-refractivity contribution in [2.75, 3.05) is 19.8 Å². The van der Waals surface area contributed by atoms with Crippen molar-refractivity contribution in [2.45, 2.75) is 84.8 Å². The van der Waals surface area contributed by atoms with Crippen molar-refractivity contribution in [1.82, 2.24) is 0 Å². The minimum atomic E-state index is -4.09. The summed E-state index contributed by atoms with van der Waals surface area (Å²) in [5.74, 6) is -94.2. The molecule has 1 fully saturated rings. The van der Waals surface area contributed by atoms with Crippen LogP contribution in [-0.2, 0) is 52.1 Å². The van der Waals surface area contributed by atoms with Gasteiger partial charge in [0.15, 0.2) is 164 Å². The number of fused-ring (bicyclic) bond motifs is 14. The van der Waals surface area contributed by atoms with E-state index in [4.69, 9.17) is 52.1 Å². The van der Waals surface area contributed by atoms with E-state index in [1.54, 1.807) is 0 Å². The highest BCUT2D eigenvalue weighted by Gasteiger charge is 2.67. The second-order valence-electron chi connectivity index (χ2n) is 32.9. The van der Waals surface area contributed by atoms with Gasteiger partial charge in [-0.05, 0) is 30.3 Å². The predicted molar refractivity (Wildman–Crippen MR) is 436 cm³/mol. The molecule has 11 aliphatic rings. The van der Waals surface area contributed by atoms with Crippen molar-refractivity contribution >= 4 is 59.7 Å². The Balaban J connectivity index is 0.930. The highest BCUT2D eigenvalue weighted by molar-refractivity contribution is 6.20. The monoisotopic (exact) mass is 1980 g/mol. The van der Waals surface area contributed by atoms with Gasteiger partial charge in [0, 0.05) is 83.5 Å². The third kappa shape index (κ3) is 12.2. The standard InChI is InChI=1S/C87H58O55/c88-14-1-9-22(50(100)44(14)94)23-10(2-15(89)45(95)51(23)101)80(124)137-70-20(7-132-77(9)121)135-78(122)11-3-16(90)46(96)52(102)24(11)28-38-30(58(108)65(115)56(28)106)31-40-35(63(113)68(118)59(31)109)36(72(139-83(40)127)74(70)141-84(38)128)34-37-27(55(105)67(117)62(34)112)26-13(5-18(92)48(98)54(26)104)81(125)138-71-21(8-133-82(37)126)136-79(123)12-4-17(91)47(97)53(103)25(12)29-39-32(60(110)66(116)57(29)107)33-41-42(64(114)69(119)61(33)111)43(73(140-86(41)130)75(71)142-85(39)129)87(131)76(120)49(99)19(93)6-134-87/h1-5,19-21,36,43,49,70-76,88-120,131H,6-8H2/t19?,20-,21-,36+,43-,49-,70-,71-,72+,73+,74+,75+,76+,87?/m1/s1. The molecular formula is C87H58O55. The number of hydrogen-bond acceptors (Lipinski definition) is 55. The van der Waals surface area contributed by atoms with E-state index in [9.17, 15) is 174 Å². The van der Waals surface area contributed by atoms with Crippen molar-refractivity contribution in [3.63, 3.8) is 0 Å². The molecule has 0 spiro atoms. The molecule has 0 aliphatic carbocycles. The number of aromatic hydroxyl groups is 30. The fourth-order valence-electron chi connectivity index (χ4n) is 19.1. The van der Waals surface area contributed by atoms with E-state index >= 15 is 47.9 Å². The summed E-state index contributed by atoms with van der Waals surface area (Å²) in [5.41, 5.74) is -44.4. The van der Waals surface area contributed by atoms with Crippen LogP contribution in [0.3, 0.4) is 0 Å². The molecule has 2 unspecified atom stereocenters. The molecule has 55 heteroatoms. The zero-order chi connectivity index (χ0) is 103. The zero-order valence-electron chi connectivity index (χ0n) is 69.3. The number of esters is 10. The molecule has 10 aromatic carbocycles. The number of rotatable bonds is 2. The predicted octanol–water partition coefficient (Wildman–Crippen LogP) is 0.900. The van der Waals surface area contributed by atoms with Gasteiger partial charge >= 0.3 is 59.7 Å². The normalized spacial score (nSPS) is 23.5. The van der Waals surface area contributed by atoms with Gasteiger partial charge in [-0.15, -0.1) is 0 Å². The van der Waals surface area contributed by atoms with E-state index < -0.39 is 476 Å². The second kappa shape index (κ2) is 30.9. The maximum atomic E-state index is 17.1. The number of carbonyl (C=O) groups excluding carboxylic acids is 10. The van der Waals surface area contributed by atoms with Crippen LogP contribution in [0.25, 0.3) is 66.8 Å². The van der Waals surface area contributed by atoms with E-state index in [0.29, 0.717) is 0 Å². The summed E-state index contributed by atoms with van der Waals surface area (Å²) in [6.07, 6.45) is -36.6. The molecule has 736 valence electrons. The van der Waals surface area contributed by atoms with Gasteiger partial charge in [0.2, 0.25) is 63.3 Å². The number of benzene rings is 10. The largest absolute Gasteiger partial charge is 0.504 e. The molecule has 0 aromatic heterocycles. The van der Waals surface area contributed by atoms with Crippen LogP contribution >= 0.6 is 0 Å². The van der Waals surface area contributed by atoms with Gasteiger partial charge in [0.1, 0.15) is 31.5 Å². The molecular weight excluding hydrogens is 1920 g/mol. The summed E-state index contributed by atoms with van der Waals surface area (Å²) in [6, 6.07) is 0.287. The first kappa shape index (κ1) is 91.8. The highest BCUT2D eigenvalue weighted by Crippen LogP contribution is 2.69. The van der Waals surface area contributed by atoms with Gasteiger partial charge in [0.05, 0.1) is 74.1 Å². The van der Waals surface area contributed by atoms with Crippen molar-refractivity contribution in [3.05, 3.63) is 103 Å². The van der Waals surface area contributed by atoms with Crippen molar-refractivity contribution < 1.29 is 274 Å². The van der Waals surface area contributed by atoms with E-state index in [1.807, 2.05) is 0 Å². The molecule has 34 N–H and O–H groups in total. The molecule has 10 aromatic rings. The maximum Gasteiger partial charge on any atom is 0.340 e. The first-order valence-electron chi connectivity index (χ1n) is 40.1. The Hall–Kier alpha value is -19.3. The average molecular weight is 1980 g/mol. The van der Waals surface area contributed by atoms with Crippen molar-refractivity contribution in [1.29, 1.82) is 0 Å². The number of ether oxygens (including phenoxy) is 11. The topological polar surface area (TPSA) is 960 Å². The van der Waals surface area contributed by atoms with Gasteiger partial charge in [-0.1, -0.05) is 0 Å². The van der Waals surface area contributed by atoms with Gasteiger partial charge in [0.25, 0.3) is 0 Å². The molecule has 142 heavy (non-hydrogen) atoms. The minimum absolute atomic E-state index is 0.0391. The molecule has 1 saturated heterocycles. The lowest BCUT2D eigenvalue weighted by Crippen LogP contribution is -2.68. The number of aliphatic hydroxyl groups is 4. The maximum absolute atomic E-state index is 17.1. The first-order valence-corrected chi connectivity index (χ1v) is 40.1. The minimum Gasteiger partial charge on any atom is -0.504 e. The van der Waals surface area contributed by atoms with E-state index in [1.165, 1.54) is 0 Å². The second-order valence-corrected chi connectivity index (χ2v) is 32.9. The van der Waals surface area contributed by atoms with Crippen LogP contribution in [0.5, 0.6) is 172 Å². The molecule has 11 heterocycles. The summed E-state index contributed by atoms with van der Waals surface area (Å²) in [4.78, 5) is 161. The third-order valence-electron chi connectivity index (χ3n) is 25.5. The van der Waals surface area contributed by atoms with Gasteiger partial charge in [-0.2, -0.15) is 0 Å². The zero-order valence-corrected chi connectivity index (χ0v) is 69.3. The van der Waals surface area contributed by atoms with E-state index in [0.717, 1.165) is 0 Å². The summed E-state index contributed by atoms with van der Waals surface area (Å²) in [6.45, 7) is -5.85. The summed E-state index contributed by atoms with van der Waals surface area (Å²) < 4.78 is 65.0. The fraction of sp³-hybridized carbons (Fsp3) is 0.195. The molecule has 55 nitrogen and oxygen atoms in total. The summed E-state index contributed by atoms with van der Waals surface area (Å²) in [5, 5.41) is 408. The Kier molecular flexibility index (Phi) is 19.9. The lowest BCUT2D eigenvalue weighted by Gasteiger charge is -2.51. The lowest BCUT2D eigenvalue weighted by molar-refractivity contribution is -0.341. The number of aliphatic hydroxyl groups excluding tert-OH is 3. The molecule has 11 aliphatic heterocycles. The van der Waals surface area contributed by atoms with Crippen molar-refractivity contribution in [3.8, 4) is 239 Å². The Labute approximate surface area is 777 Å². The summed E-state index contributed by atoms with van der Waals surface area (Å²) in [7, 11) is 0. The Morgan fingerprint density at radius 2 is 0.458 bits per heavy atom. The van der Waals surface area contributed by atoms with Crippen LogP contribution in [0, 0.1) is 0 Å². The van der Waals surface area contributed by atoms with Crippen molar-refractivity contribution in [2.24, 2.45) is 0 Å². The van der Waals surface area contributed by atoms with Gasteiger partial charge in [-0.3, -0.25) is 0 Å². The highest BCUT2D eigenvalue weighted by atomic mass is 16.7. The SMILES string of the molecule is O=C1OC[C@H]2OC(=O)c3cc(O)c(O)c(O)c3-c3c(O)c(O)c(O)c4c3C(=O)O[C@H]([C@H]3OC(=O)c5c-4c(O)c(O)c(O)c5[C@@H]3c3c(O)c(O)c(O)c4c3C(=O)OC[C@H]3OC(=O)c5cc(O)c(O)c(O)c5-c5c(O)c(O)c(O)c6c5C(=O)O[C@H]([C@H]5OC(=O)c7c-6c(O)c(O)c(O)c7[C@H]5C5(O)OCC(O)[C@@H](O)[C@@H]5O)[C@@H]3OC(=O)c3cc(O)c(O)c(O)c3-4)[C@@H]2OC(=O)c2cc(O)c(O)c(O)c2-c2c1cc(O)c(O)c2O. The fourth-order valence-corrected chi connectivity index (χ4v) is 19.1. The van der Waals surface area contributed by atoms with E-state index in [2.05, 4.69) is 0 Å². The van der Waals surface area contributed by atoms with Crippen LogP contribution < -0.4 is 0 Å². The Morgan fingerprint density at radius 1 is 0.218 bits per heavy atom. The van der Waals surface area contributed by atoms with E-state index in [-0.39, 0.29) is 30.3 Å². The number of carbonyl (C=O) groups is 10. The number of phenolic OH excluding ortho intramolecular Hbond substituents is 30. The van der Waals surface area contributed by atoms with Crippen LogP contribution in [0.1, 0.15) is 132 Å². The molecule has 14 atom stereocenters. The van der Waals surface area contributed by atoms with Crippen LogP contribution in [-0.4, -0.2) is 326 Å².